The Labute approximate surface area is 178 Å². The molecule has 4 aromatic rings. The first kappa shape index (κ1) is 19.4. The summed E-state index contributed by atoms with van der Waals surface area (Å²) < 4.78 is 0. The maximum absolute atomic E-state index is 12.7. The predicted octanol–water partition coefficient (Wildman–Crippen LogP) is 5.59. The third-order valence-electron chi connectivity index (χ3n) is 4.58. The Morgan fingerprint density at radius 2 is 1.50 bits per heavy atom. The van der Waals surface area contributed by atoms with Gasteiger partial charge in [0.2, 0.25) is 0 Å². The normalized spacial score (nSPS) is 10.4. The van der Waals surface area contributed by atoms with E-state index >= 15 is 0 Å². The maximum atomic E-state index is 12.7. The molecule has 0 unspecified atom stereocenters. The fourth-order valence-corrected chi connectivity index (χ4v) is 3.81. The molecule has 0 aliphatic rings. The summed E-state index contributed by atoms with van der Waals surface area (Å²) in [4.78, 5) is 17.2. The lowest BCUT2D eigenvalue weighted by Gasteiger charge is -2.19. The molecule has 6 heteroatoms. The topological polar surface area (TPSA) is 77.8 Å². The minimum absolute atomic E-state index is 0.273. The smallest absolute Gasteiger partial charge is 0.321 e. The molecule has 1 aromatic heterocycles. The molecule has 4 rings (SSSR count). The van der Waals surface area contributed by atoms with Crippen LogP contribution in [0, 0.1) is 11.3 Å². The van der Waals surface area contributed by atoms with Gasteiger partial charge >= 0.3 is 6.03 Å². The second-order valence-corrected chi connectivity index (χ2v) is 7.44. The molecule has 3 aromatic carbocycles. The van der Waals surface area contributed by atoms with Gasteiger partial charge in [-0.05, 0) is 23.3 Å². The van der Waals surface area contributed by atoms with Gasteiger partial charge in [-0.2, -0.15) is 5.26 Å². The van der Waals surface area contributed by atoms with Gasteiger partial charge in [-0.3, -0.25) is 5.32 Å². The lowest BCUT2D eigenvalue weighted by Crippen LogP contribution is -2.33. The Kier molecular flexibility index (Phi) is 5.83. The quantitative estimate of drug-likeness (QED) is 0.450. The molecule has 0 radical (unpaired) electrons. The SMILES string of the molecule is N#Cc1ccc(-c2csc(NC(=O)NC(c3ccccc3)c3ccccc3)n2)cc1. The van der Waals surface area contributed by atoms with Crippen molar-refractivity contribution in [2.45, 2.75) is 6.04 Å². The number of aromatic nitrogens is 1. The number of amides is 2. The van der Waals surface area contributed by atoms with Crippen molar-refractivity contribution in [3.05, 3.63) is 107 Å². The van der Waals surface area contributed by atoms with Crippen LogP contribution in [0.5, 0.6) is 0 Å². The van der Waals surface area contributed by atoms with Crippen LogP contribution >= 0.6 is 11.3 Å². The van der Waals surface area contributed by atoms with Crippen LogP contribution in [0.25, 0.3) is 11.3 Å². The van der Waals surface area contributed by atoms with E-state index in [1.165, 1.54) is 11.3 Å². The number of hydrogen-bond acceptors (Lipinski definition) is 4. The zero-order valence-electron chi connectivity index (χ0n) is 15.9. The second-order valence-electron chi connectivity index (χ2n) is 6.58. The number of nitriles is 1. The van der Waals surface area contributed by atoms with Gasteiger partial charge in [0.15, 0.2) is 5.13 Å². The number of anilines is 1. The van der Waals surface area contributed by atoms with Crippen LogP contribution in [0.1, 0.15) is 22.7 Å². The first-order valence-electron chi connectivity index (χ1n) is 9.36. The van der Waals surface area contributed by atoms with Gasteiger partial charge in [0.05, 0.1) is 23.4 Å². The lowest BCUT2D eigenvalue weighted by atomic mass is 9.99. The molecule has 30 heavy (non-hydrogen) atoms. The zero-order chi connectivity index (χ0) is 20.8. The van der Waals surface area contributed by atoms with Crippen LogP contribution in [0.2, 0.25) is 0 Å². The van der Waals surface area contributed by atoms with Crippen molar-refractivity contribution in [2.24, 2.45) is 0 Å². The number of benzene rings is 3. The van der Waals surface area contributed by atoms with Crippen molar-refractivity contribution in [2.75, 3.05) is 5.32 Å². The number of nitrogens with zero attached hydrogens (tertiary/aromatic N) is 2. The third kappa shape index (κ3) is 4.54. The van der Waals surface area contributed by atoms with Gasteiger partial charge in [0.1, 0.15) is 0 Å². The van der Waals surface area contributed by atoms with Crippen molar-refractivity contribution in [3.8, 4) is 17.3 Å². The highest BCUT2D eigenvalue weighted by Gasteiger charge is 2.17. The number of rotatable bonds is 5. The minimum Gasteiger partial charge on any atom is -0.327 e. The van der Waals surface area contributed by atoms with Crippen molar-refractivity contribution >= 4 is 22.5 Å². The van der Waals surface area contributed by atoms with Crippen molar-refractivity contribution in [3.63, 3.8) is 0 Å². The number of nitrogens with one attached hydrogen (secondary N) is 2. The summed E-state index contributed by atoms with van der Waals surface area (Å²) in [6.07, 6.45) is 0. The number of urea groups is 1. The van der Waals surface area contributed by atoms with Gasteiger partial charge in [0, 0.05) is 10.9 Å². The summed E-state index contributed by atoms with van der Waals surface area (Å²) in [5.41, 5.74) is 4.24. The van der Waals surface area contributed by atoms with Gasteiger partial charge in [0.25, 0.3) is 0 Å². The summed E-state index contributed by atoms with van der Waals surface area (Å²) in [5, 5.41) is 17.2. The zero-order valence-corrected chi connectivity index (χ0v) is 16.8. The largest absolute Gasteiger partial charge is 0.327 e. The molecular weight excluding hydrogens is 392 g/mol. The van der Waals surface area contributed by atoms with E-state index in [1.54, 1.807) is 12.1 Å². The Hall–Kier alpha value is -3.95. The van der Waals surface area contributed by atoms with E-state index in [1.807, 2.05) is 78.2 Å². The highest BCUT2D eigenvalue weighted by atomic mass is 32.1. The van der Waals surface area contributed by atoms with Crippen LogP contribution < -0.4 is 10.6 Å². The molecule has 2 N–H and O–H groups in total. The Bertz CT molecular complexity index is 1130. The first-order chi connectivity index (χ1) is 14.7. The van der Waals surface area contributed by atoms with Gasteiger partial charge in [-0.15, -0.1) is 11.3 Å². The molecule has 0 aliphatic carbocycles. The summed E-state index contributed by atoms with van der Waals surface area (Å²) in [5.74, 6) is 0. The fraction of sp³-hybridized carbons (Fsp3) is 0.0417. The molecule has 0 spiro atoms. The van der Waals surface area contributed by atoms with E-state index in [0.717, 1.165) is 22.4 Å². The van der Waals surface area contributed by atoms with Crippen LogP contribution in [-0.2, 0) is 0 Å². The van der Waals surface area contributed by atoms with E-state index in [2.05, 4.69) is 21.7 Å². The van der Waals surface area contributed by atoms with Crippen LogP contribution in [0.4, 0.5) is 9.93 Å². The highest BCUT2D eigenvalue weighted by molar-refractivity contribution is 7.14. The van der Waals surface area contributed by atoms with Crippen molar-refractivity contribution < 1.29 is 4.79 Å². The monoisotopic (exact) mass is 410 g/mol. The number of carbonyl (C=O) groups excluding carboxylic acids is 1. The average molecular weight is 411 g/mol. The standard InChI is InChI=1S/C24H18N4OS/c25-15-17-11-13-18(14-12-17)21-16-30-24(26-21)28-23(29)27-22(19-7-3-1-4-8-19)20-9-5-2-6-10-20/h1-14,16,22H,(H2,26,27,28,29). The number of hydrogen-bond donors (Lipinski definition) is 2. The average Bonchev–Trinajstić information content (AvgIpc) is 3.27. The fourth-order valence-electron chi connectivity index (χ4n) is 3.09. The molecule has 146 valence electrons. The molecule has 0 fully saturated rings. The van der Waals surface area contributed by atoms with Crippen molar-refractivity contribution in [1.29, 1.82) is 5.26 Å². The molecule has 0 saturated heterocycles. The Morgan fingerprint density at radius 3 is 2.07 bits per heavy atom. The van der Waals surface area contributed by atoms with Crippen LogP contribution in [-0.4, -0.2) is 11.0 Å². The van der Waals surface area contributed by atoms with E-state index in [9.17, 15) is 4.79 Å². The van der Waals surface area contributed by atoms with E-state index in [-0.39, 0.29) is 12.1 Å². The lowest BCUT2D eigenvalue weighted by molar-refractivity contribution is 0.250. The maximum Gasteiger partial charge on any atom is 0.321 e. The van der Waals surface area contributed by atoms with Crippen molar-refractivity contribution in [1.82, 2.24) is 10.3 Å². The second kappa shape index (κ2) is 9.03. The molecule has 0 aliphatic heterocycles. The molecule has 0 bridgehead atoms. The molecule has 0 saturated carbocycles. The Morgan fingerprint density at radius 1 is 0.900 bits per heavy atom. The van der Waals surface area contributed by atoms with Crippen LogP contribution in [0.15, 0.2) is 90.3 Å². The highest BCUT2D eigenvalue weighted by Crippen LogP contribution is 2.26. The van der Waals surface area contributed by atoms with Gasteiger partial charge < -0.3 is 5.32 Å². The van der Waals surface area contributed by atoms with Crippen LogP contribution in [0.3, 0.4) is 0 Å². The predicted molar refractivity (Wildman–Crippen MR) is 119 cm³/mol. The third-order valence-corrected chi connectivity index (χ3v) is 5.33. The molecule has 5 nitrogen and oxygen atoms in total. The van der Waals surface area contributed by atoms with E-state index < -0.39 is 0 Å². The molecular formula is C24H18N4OS. The molecule has 1 heterocycles. The first-order valence-corrected chi connectivity index (χ1v) is 10.2. The minimum atomic E-state index is -0.326. The summed E-state index contributed by atoms with van der Waals surface area (Å²) >= 11 is 1.35. The van der Waals surface area contributed by atoms with Gasteiger partial charge in [-0.1, -0.05) is 72.8 Å². The summed E-state index contributed by atoms with van der Waals surface area (Å²) in [6, 6.07) is 28.4. The van der Waals surface area contributed by atoms with E-state index in [0.29, 0.717) is 10.7 Å². The van der Waals surface area contributed by atoms with Gasteiger partial charge in [-0.25, -0.2) is 9.78 Å². The number of carbonyl (C=O) groups is 1. The number of thiazole rings is 1. The molecule has 0 atom stereocenters. The summed E-state index contributed by atoms with van der Waals surface area (Å²) in [6.45, 7) is 0. The van der Waals surface area contributed by atoms with E-state index in [4.69, 9.17) is 5.26 Å². The Balaban J connectivity index is 1.49. The summed E-state index contributed by atoms with van der Waals surface area (Å²) in [7, 11) is 0. The molecule has 2 amide bonds.